The second-order valence-electron chi connectivity index (χ2n) is 9.16. The van der Waals surface area contributed by atoms with Crippen LogP contribution in [-0.4, -0.2) is 38.5 Å². The Bertz CT molecular complexity index is 723. The quantitative estimate of drug-likeness (QED) is 0.148. The minimum atomic E-state index is -0.821. The smallest absolute Gasteiger partial charge is 0.309 e. The van der Waals surface area contributed by atoms with Gasteiger partial charge in [0.1, 0.15) is 11.4 Å². The molecule has 0 radical (unpaired) electrons. The molecule has 7 nitrogen and oxygen atoms in total. The van der Waals surface area contributed by atoms with Crippen molar-refractivity contribution < 1.29 is 34.8 Å². The van der Waals surface area contributed by atoms with E-state index in [0.717, 1.165) is 19.3 Å². The molecular formula is C23H36O7. The zero-order valence-corrected chi connectivity index (χ0v) is 18.5. The third kappa shape index (κ3) is 7.76. The summed E-state index contributed by atoms with van der Waals surface area (Å²) < 4.78 is 5.01. The van der Waals surface area contributed by atoms with Crippen LogP contribution in [0.3, 0.4) is 0 Å². The van der Waals surface area contributed by atoms with Crippen molar-refractivity contribution in [3.8, 4) is 17.2 Å². The number of carbonyl (C=O) groups is 2. The van der Waals surface area contributed by atoms with Gasteiger partial charge in [0.15, 0.2) is 11.5 Å². The minimum absolute atomic E-state index is 0.0456. The second-order valence-corrected chi connectivity index (χ2v) is 9.16. The molecule has 0 aliphatic rings. The maximum Gasteiger partial charge on any atom is 0.309 e. The highest BCUT2D eigenvalue weighted by molar-refractivity contribution is 5.73. The molecule has 1 aromatic carbocycles. The topological polar surface area (TPSA) is 124 Å². The summed E-state index contributed by atoms with van der Waals surface area (Å²) in [6.45, 7) is 7.48. The highest BCUT2D eigenvalue weighted by Gasteiger charge is 2.26. The third-order valence-corrected chi connectivity index (χ3v) is 5.58. The number of rotatable bonds is 14. The van der Waals surface area contributed by atoms with E-state index in [1.54, 1.807) is 13.8 Å². The van der Waals surface area contributed by atoms with Gasteiger partial charge in [0.05, 0.1) is 5.41 Å². The van der Waals surface area contributed by atoms with Crippen LogP contribution in [0, 0.1) is 5.41 Å². The molecule has 7 heteroatoms. The molecule has 4 N–H and O–H groups in total. The summed E-state index contributed by atoms with van der Waals surface area (Å²) in [5.41, 5.74) is -0.517. The fourth-order valence-electron chi connectivity index (χ4n) is 3.38. The minimum Gasteiger partial charge on any atom is -0.508 e. The van der Waals surface area contributed by atoms with Gasteiger partial charge in [0, 0.05) is 11.1 Å². The lowest BCUT2D eigenvalue weighted by molar-refractivity contribution is -0.147. The van der Waals surface area contributed by atoms with Crippen LogP contribution in [0.15, 0.2) is 6.07 Å². The maximum absolute atomic E-state index is 11.1. The number of aryl methyl sites for hydroxylation is 1. The van der Waals surface area contributed by atoms with Crippen molar-refractivity contribution in [2.45, 2.75) is 91.1 Å². The number of unbranched alkanes of at least 4 members (excludes halogenated alkanes) is 3. The van der Waals surface area contributed by atoms with Gasteiger partial charge >= 0.3 is 5.97 Å². The summed E-state index contributed by atoms with van der Waals surface area (Å²) in [7, 11) is 0. The molecule has 0 bridgehead atoms. The zero-order chi connectivity index (χ0) is 22.9. The number of aromatic hydroxyl groups is 3. The lowest BCUT2D eigenvalue weighted by atomic mass is 9.87. The molecular weight excluding hydrogens is 388 g/mol. The summed E-state index contributed by atoms with van der Waals surface area (Å²) in [6, 6.07) is 1.49. The van der Waals surface area contributed by atoms with E-state index in [0.29, 0.717) is 56.1 Å². The number of aliphatic carboxylic acids is 1. The van der Waals surface area contributed by atoms with E-state index in [-0.39, 0.29) is 17.2 Å². The molecule has 0 fully saturated rings. The number of carbonyl (C=O) groups excluding carboxylic acids is 1. The molecule has 0 unspecified atom stereocenters. The molecule has 0 saturated carbocycles. The first-order valence-electron chi connectivity index (χ1n) is 10.5. The molecule has 0 saturated heterocycles. The standard InChI is InChI=1S/C23H36O7/c1-22(2,21(28)29)12-8-5-6-11-17-18(25)14-16(19(26)20(17)27)10-7-9-13-23(3,4)30-15-24/h14-15,25-27H,5-13H2,1-4H3,(H,28,29). The van der Waals surface area contributed by atoms with Gasteiger partial charge in [-0.1, -0.05) is 12.8 Å². The Kier molecular flexibility index (Phi) is 9.46. The predicted octanol–water partition coefficient (Wildman–Crippen LogP) is 4.68. The van der Waals surface area contributed by atoms with Crippen molar-refractivity contribution >= 4 is 12.4 Å². The largest absolute Gasteiger partial charge is 0.508 e. The van der Waals surface area contributed by atoms with E-state index in [1.165, 1.54) is 6.07 Å². The number of ether oxygens (including phenoxy) is 1. The van der Waals surface area contributed by atoms with Gasteiger partial charge in [-0.05, 0) is 78.7 Å². The highest BCUT2D eigenvalue weighted by atomic mass is 16.5. The van der Waals surface area contributed by atoms with Gasteiger partial charge in [0.25, 0.3) is 6.47 Å². The summed E-state index contributed by atoms with van der Waals surface area (Å²) in [5.74, 6) is -1.37. The Morgan fingerprint density at radius 2 is 1.53 bits per heavy atom. The van der Waals surface area contributed by atoms with Crippen molar-refractivity contribution in [2.24, 2.45) is 5.41 Å². The summed E-state index contributed by atoms with van der Waals surface area (Å²) in [6.07, 6.45) is 5.73. The monoisotopic (exact) mass is 424 g/mol. The van der Waals surface area contributed by atoms with Gasteiger partial charge in [-0.2, -0.15) is 0 Å². The fraction of sp³-hybridized carbons (Fsp3) is 0.652. The lowest BCUT2D eigenvalue weighted by Crippen LogP contribution is -2.23. The number of phenols is 3. The van der Waals surface area contributed by atoms with Crippen molar-refractivity contribution in [1.82, 2.24) is 0 Å². The van der Waals surface area contributed by atoms with Crippen LogP contribution in [0.5, 0.6) is 17.2 Å². The number of benzene rings is 1. The third-order valence-electron chi connectivity index (χ3n) is 5.58. The fourth-order valence-corrected chi connectivity index (χ4v) is 3.38. The van der Waals surface area contributed by atoms with Crippen LogP contribution in [-0.2, 0) is 27.2 Å². The molecule has 0 aliphatic carbocycles. The van der Waals surface area contributed by atoms with E-state index < -0.39 is 17.0 Å². The first-order chi connectivity index (χ1) is 13.9. The molecule has 30 heavy (non-hydrogen) atoms. The molecule has 1 rings (SSSR count). The average Bonchev–Trinajstić information content (AvgIpc) is 2.64. The molecule has 0 aromatic heterocycles. The highest BCUT2D eigenvalue weighted by Crippen LogP contribution is 2.40. The van der Waals surface area contributed by atoms with Gasteiger partial charge in [-0.15, -0.1) is 0 Å². The van der Waals surface area contributed by atoms with Crippen molar-refractivity contribution in [2.75, 3.05) is 0 Å². The average molecular weight is 425 g/mol. The van der Waals surface area contributed by atoms with E-state index in [1.807, 2.05) is 13.8 Å². The normalized spacial score (nSPS) is 12.0. The van der Waals surface area contributed by atoms with Crippen LogP contribution >= 0.6 is 0 Å². The lowest BCUT2D eigenvalue weighted by Gasteiger charge is -2.22. The van der Waals surface area contributed by atoms with Gasteiger partial charge in [-0.3, -0.25) is 9.59 Å². The van der Waals surface area contributed by atoms with E-state index in [4.69, 9.17) is 9.84 Å². The number of hydrogen-bond donors (Lipinski definition) is 4. The molecule has 0 spiro atoms. The molecule has 0 atom stereocenters. The first-order valence-corrected chi connectivity index (χ1v) is 10.5. The van der Waals surface area contributed by atoms with Crippen LogP contribution < -0.4 is 0 Å². The first kappa shape index (κ1) is 25.6. The molecule has 170 valence electrons. The van der Waals surface area contributed by atoms with E-state index in [9.17, 15) is 24.9 Å². The van der Waals surface area contributed by atoms with Crippen LogP contribution in [0.4, 0.5) is 0 Å². The summed E-state index contributed by atoms with van der Waals surface area (Å²) in [4.78, 5) is 21.6. The van der Waals surface area contributed by atoms with Crippen LogP contribution in [0.25, 0.3) is 0 Å². The van der Waals surface area contributed by atoms with Crippen LogP contribution in [0.2, 0.25) is 0 Å². The Balaban J connectivity index is 2.57. The molecule has 1 aromatic rings. The van der Waals surface area contributed by atoms with Gasteiger partial charge in [-0.25, -0.2) is 0 Å². The number of hydrogen-bond acceptors (Lipinski definition) is 6. The molecule has 0 aliphatic heterocycles. The van der Waals surface area contributed by atoms with E-state index in [2.05, 4.69) is 0 Å². The SMILES string of the molecule is CC(C)(CCCCc1cc(O)c(CCCCCC(C)(C)C(=O)O)c(O)c1O)OC=O. The number of carboxylic acids is 1. The Labute approximate surface area is 178 Å². The van der Waals surface area contributed by atoms with Crippen molar-refractivity contribution in [3.63, 3.8) is 0 Å². The number of carboxylic acid groups (broad SMARTS) is 1. The van der Waals surface area contributed by atoms with E-state index >= 15 is 0 Å². The summed E-state index contributed by atoms with van der Waals surface area (Å²) >= 11 is 0. The van der Waals surface area contributed by atoms with Gasteiger partial charge < -0.3 is 25.2 Å². The Morgan fingerprint density at radius 1 is 0.933 bits per heavy atom. The Hall–Kier alpha value is -2.44. The molecule has 0 heterocycles. The second kappa shape index (κ2) is 11.1. The van der Waals surface area contributed by atoms with Crippen LogP contribution in [0.1, 0.15) is 83.8 Å². The van der Waals surface area contributed by atoms with Crippen molar-refractivity contribution in [3.05, 3.63) is 17.2 Å². The van der Waals surface area contributed by atoms with Gasteiger partial charge in [0.2, 0.25) is 0 Å². The summed E-state index contributed by atoms with van der Waals surface area (Å²) in [5, 5.41) is 40.1. The molecule has 0 amide bonds. The van der Waals surface area contributed by atoms with Crippen molar-refractivity contribution in [1.29, 1.82) is 0 Å². The number of phenolic OH excluding ortho intramolecular Hbond substituents is 3. The maximum atomic E-state index is 11.1. The predicted molar refractivity (Wildman–Crippen MR) is 114 cm³/mol. The Morgan fingerprint density at radius 3 is 2.13 bits per heavy atom. The zero-order valence-electron chi connectivity index (χ0n) is 18.5.